The predicted molar refractivity (Wildman–Crippen MR) is 47.2 cm³/mol. The van der Waals surface area contributed by atoms with Gasteiger partial charge in [-0.25, -0.2) is 0 Å². The van der Waals surface area contributed by atoms with E-state index in [0.717, 1.165) is 26.0 Å². The molecule has 0 saturated carbocycles. The summed E-state index contributed by atoms with van der Waals surface area (Å²) in [6, 6.07) is 0.483. The van der Waals surface area contributed by atoms with Gasteiger partial charge in [-0.3, -0.25) is 9.69 Å². The van der Waals surface area contributed by atoms with Gasteiger partial charge in [0.25, 0.3) is 0 Å². The molecule has 1 fully saturated rings. The third-order valence-corrected chi connectivity index (χ3v) is 2.42. The maximum absolute atomic E-state index is 11.0. The van der Waals surface area contributed by atoms with Gasteiger partial charge >= 0.3 is 0 Å². The van der Waals surface area contributed by atoms with E-state index in [0.29, 0.717) is 18.4 Å². The molecule has 12 heavy (non-hydrogen) atoms. The average molecular weight is 171 g/mol. The van der Waals surface area contributed by atoms with Crippen LogP contribution in [-0.4, -0.2) is 43.5 Å². The highest BCUT2D eigenvalue weighted by Gasteiger charge is 2.23. The van der Waals surface area contributed by atoms with Crippen molar-refractivity contribution in [3.8, 4) is 0 Å². The Labute approximate surface area is 73.7 Å². The van der Waals surface area contributed by atoms with Crippen molar-refractivity contribution in [2.45, 2.75) is 25.8 Å². The second-order valence-electron chi connectivity index (χ2n) is 3.39. The molecule has 70 valence electrons. The van der Waals surface area contributed by atoms with Crippen LogP contribution in [0.2, 0.25) is 0 Å². The molecule has 0 aromatic carbocycles. The van der Waals surface area contributed by atoms with Crippen molar-refractivity contribution in [3.05, 3.63) is 0 Å². The minimum atomic E-state index is 0.374. The molecule has 0 radical (unpaired) electrons. The lowest BCUT2D eigenvalue weighted by Crippen LogP contribution is -2.31. The summed E-state index contributed by atoms with van der Waals surface area (Å²) in [5.41, 5.74) is 0. The van der Waals surface area contributed by atoms with Crippen LogP contribution in [-0.2, 0) is 9.53 Å². The van der Waals surface area contributed by atoms with Gasteiger partial charge in [0.1, 0.15) is 5.78 Å². The zero-order valence-corrected chi connectivity index (χ0v) is 7.88. The summed E-state index contributed by atoms with van der Waals surface area (Å²) in [7, 11) is 1.71. The number of carbonyl (C=O) groups is 1. The van der Waals surface area contributed by atoms with Crippen LogP contribution in [0.5, 0.6) is 0 Å². The number of hydrogen-bond acceptors (Lipinski definition) is 3. The molecule has 0 aromatic heterocycles. The zero-order valence-electron chi connectivity index (χ0n) is 7.88. The molecule has 0 bridgehead atoms. The highest BCUT2D eigenvalue weighted by Crippen LogP contribution is 2.11. The lowest BCUT2D eigenvalue weighted by Gasteiger charge is -2.22. The SMILES string of the molecule is COCCC(C)N1CCC(=O)C1. The van der Waals surface area contributed by atoms with Crippen LogP contribution in [0.1, 0.15) is 19.8 Å². The summed E-state index contributed by atoms with van der Waals surface area (Å²) in [5.74, 6) is 0.374. The van der Waals surface area contributed by atoms with Crippen LogP contribution in [0.25, 0.3) is 0 Å². The van der Waals surface area contributed by atoms with Crippen molar-refractivity contribution in [2.24, 2.45) is 0 Å². The maximum atomic E-state index is 11.0. The number of nitrogens with zero attached hydrogens (tertiary/aromatic N) is 1. The Morgan fingerprint density at radius 1 is 1.67 bits per heavy atom. The lowest BCUT2D eigenvalue weighted by molar-refractivity contribution is -0.117. The van der Waals surface area contributed by atoms with E-state index in [1.807, 2.05) is 0 Å². The van der Waals surface area contributed by atoms with E-state index in [2.05, 4.69) is 11.8 Å². The van der Waals surface area contributed by atoms with Gasteiger partial charge in [0.05, 0.1) is 6.54 Å². The molecule has 1 aliphatic rings. The third kappa shape index (κ3) is 2.57. The third-order valence-electron chi connectivity index (χ3n) is 2.42. The molecule has 1 atom stereocenters. The number of ketones is 1. The highest BCUT2D eigenvalue weighted by molar-refractivity contribution is 5.82. The second kappa shape index (κ2) is 4.58. The fourth-order valence-electron chi connectivity index (χ4n) is 1.50. The van der Waals surface area contributed by atoms with E-state index in [9.17, 15) is 4.79 Å². The van der Waals surface area contributed by atoms with Crippen molar-refractivity contribution in [1.29, 1.82) is 0 Å². The monoisotopic (exact) mass is 171 g/mol. The number of methoxy groups -OCH3 is 1. The van der Waals surface area contributed by atoms with E-state index < -0.39 is 0 Å². The largest absolute Gasteiger partial charge is 0.385 e. The molecular weight excluding hydrogens is 154 g/mol. The molecule has 1 heterocycles. The van der Waals surface area contributed by atoms with Gasteiger partial charge < -0.3 is 4.74 Å². The van der Waals surface area contributed by atoms with Crippen LogP contribution in [0, 0.1) is 0 Å². The number of carbonyl (C=O) groups excluding carboxylic acids is 1. The molecule has 3 heteroatoms. The van der Waals surface area contributed by atoms with E-state index in [4.69, 9.17) is 4.74 Å². The number of hydrogen-bond donors (Lipinski definition) is 0. The quantitative estimate of drug-likeness (QED) is 0.623. The fourth-order valence-corrected chi connectivity index (χ4v) is 1.50. The van der Waals surface area contributed by atoms with E-state index in [1.54, 1.807) is 7.11 Å². The van der Waals surface area contributed by atoms with Gasteiger partial charge in [-0.05, 0) is 13.3 Å². The fraction of sp³-hybridized carbons (Fsp3) is 0.889. The molecule has 0 amide bonds. The molecule has 1 saturated heterocycles. The van der Waals surface area contributed by atoms with Crippen LogP contribution < -0.4 is 0 Å². The molecule has 0 spiro atoms. The number of rotatable bonds is 4. The summed E-state index contributed by atoms with van der Waals surface area (Å²) in [6.45, 7) is 4.51. The summed E-state index contributed by atoms with van der Waals surface area (Å²) >= 11 is 0. The molecule has 3 nitrogen and oxygen atoms in total. The van der Waals surface area contributed by atoms with Crippen molar-refractivity contribution < 1.29 is 9.53 Å². The normalized spacial score (nSPS) is 21.7. The van der Waals surface area contributed by atoms with Crippen LogP contribution in [0.4, 0.5) is 0 Å². The number of Topliss-reactive ketones (excluding diaryl/α,β-unsaturated/α-hetero) is 1. The Morgan fingerprint density at radius 2 is 2.42 bits per heavy atom. The first-order valence-corrected chi connectivity index (χ1v) is 4.48. The lowest BCUT2D eigenvalue weighted by atomic mass is 10.2. The Balaban J connectivity index is 2.23. The minimum Gasteiger partial charge on any atom is -0.385 e. The molecule has 0 N–H and O–H groups in total. The summed E-state index contributed by atoms with van der Waals surface area (Å²) in [4.78, 5) is 13.2. The van der Waals surface area contributed by atoms with Crippen molar-refractivity contribution >= 4 is 5.78 Å². The van der Waals surface area contributed by atoms with Crippen molar-refractivity contribution in [1.82, 2.24) is 4.90 Å². The molecule has 0 aromatic rings. The van der Waals surface area contributed by atoms with E-state index in [-0.39, 0.29) is 0 Å². The summed E-state index contributed by atoms with van der Waals surface area (Å²) < 4.78 is 4.99. The molecule has 1 aliphatic heterocycles. The number of likely N-dealkylation sites (tertiary alicyclic amines) is 1. The molecule has 1 unspecified atom stereocenters. The van der Waals surface area contributed by atoms with Gasteiger partial charge in [0, 0.05) is 32.7 Å². The first kappa shape index (κ1) is 9.68. The maximum Gasteiger partial charge on any atom is 0.148 e. The van der Waals surface area contributed by atoms with Gasteiger partial charge in [-0.2, -0.15) is 0 Å². The average Bonchev–Trinajstić information content (AvgIpc) is 2.47. The van der Waals surface area contributed by atoms with Gasteiger partial charge in [-0.1, -0.05) is 0 Å². The van der Waals surface area contributed by atoms with Crippen LogP contribution >= 0.6 is 0 Å². The standard InChI is InChI=1S/C9H17NO2/c1-8(4-6-12-2)10-5-3-9(11)7-10/h8H,3-7H2,1-2H3. The zero-order chi connectivity index (χ0) is 8.97. The molecule has 1 rings (SSSR count). The Bertz CT molecular complexity index is 159. The van der Waals surface area contributed by atoms with E-state index >= 15 is 0 Å². The highest BCUT2D eigenvalue weighted by atomic mass is 16.5. The predicted octanol–water partition coefficient (Wildman–Crippen LogP) is 0.686. The Morgan fingerprint density at radius 3 is 2.92 bits per heavy atom. The minimum absolute atomic E-state index is 0.374. The Hall–Kier alpha value is -0.410. The van der Waals surface area contributed by atoms with Gasteiger partial charge in [0.2, 0.25) is 0 Å². The first-order chi connectivity index (χ1) is 5.74. The Kier molecular flexibility index (Phi) is 3.69. The summed E-state index contributed by atoms with van der Waals surface area (Å²) in [6.07, 6.45) is 1.75. The second-order valence-corrected chi connectivity index (χ2v) is 3.39. The topological polar surface area (TPSA) is 29.5 Å². The molecule has 0 aliphatic carbocycles. The van der Waals surface area contributed by atoms with Gasteiger partial charge in [0.15, 0.2) is 0 Å². The van der Waals surface area contributed by atoms with Crippen molar-refractivity contribution in [3.63, 3.8) is 0 Å². The first-order valence-electron chi connectivity index (χ1n) is 4.48. The molecular formula is C9H17NO2. The van der Waals surface area contributed by atoms with E-state index in [1.165, 1.54) is 0 Å². The number of ether oxygens (including phenoxy) is 1. The summed E-state index contributed by atoms with van der Waals surface area (Å²) in [5, 5.41) is 0. The van der Waals surface area contributed by atoms with Crippen LogP contribution in [0.3, 0.4) is 0 Å². The smallest absolute Gasteiger partial charge is 0.148 e. The van der Waals surface area contributed by atoms with Crippen LogP contribution in [0.15, 0.2) is 0 Å². The van der Waals surface area contributed by atoms with Crippen molar-refractivity contribution in [2.75, 3.05) is 26.8 Å². The van der Waals surface area contributed by atoms with Gasteiger partial charge in [-0.15, -0.1) is 0 Å².